The van der Waals surface area contributed by atoms with Gasteiger partial charge in [0, 0.05) is 0 Å². The monoisotopic (exact) mass is 420 g/mol. The van der Waals surface area contributed by atoms with Crippen LogP contribution in [0.4, 0.5) is 13.2 Å². The van der Waals surface area contributed by atoms with Crippen molar-refractivity contribution in [1.82, 2.24) is 0 Å². The Bertz CT molecular complexity index is 739. The van der Waals surface area contributed by atoms with E-state index in [-0.39, 0.29) is 25.2 Å². The second-order valence-electron chi connectivity index (χ2n) is 4.79. The van der Waals surface area contributed by atoms with Crippen LogP contribution in [0.25, 0.3) is 0 Å². The Morgan fingerprint density at radius 2 is 1.65 bits per heavy atom. The Morgan fingerprint density at radius 3 is 2.12 bits per heavy atom. The number of hydrogen-bond donors (Lipinski definition) is 0. The lowest BCUT2D eigenvalue weighted by Crippen LogP contribution is -2.20. The van der Waals surface area contributed by atoms with E-state index in [1.165, 1.54) is 26.0 Å². The number of alkyl halides is 3. The summed E-state index contributed by atoms with van der Waals surface area (Å²) in [5, 5.41) is 0. The summed E-state index contributed by atoms with van der Waals surface area (Å²) in [4.78, 5) is -0.778. The third kappa shape index (κ3) is 6.55. The van der Waals surface area contributed by atoms with Gasteiger partial charge in [-0.15, -0.1) is 13.2 Å². The normalized spacial score (nSPS) is 13.0. The highest BCUT2D eigenvalue weighted by molar-refractivity contribution is 7.87. The van der Waals surface area contributed by atoms with Gasteiger partial charge in [0.25, 0.3) is 0 Å². The molecular formula is C14H20F3O7PS. The van der Waals surface area contributed by atoms with Crippen molar-refractivity contribution >= 4 is 17.7 Å². The van der Waals surface area contributed by atoms with E-state index in [0.717, 1.165) is 6.07 Å². The zero-order chi connectivity index (χ0) is 20.0. The van der Waals surface area contributed by atoms with Crippen LogP contribution in [-0.4, -0.2) is 34.3 Å². The highest BCUT2D eigenvalue weighted by atomic mass is 32.2. The second-order valence-corrected chi connectivity index (χ2v) is 8.34. The predicted octanol–water partition coefficient (Wildman–Crippen LogP) is 4.08. The van der Waals surface area contributed by atoms with Crippen molar-refractivity contribution in [1.29, 1.82) is 0 Å². The summed E-state index contributed by atoms with van der Waals surface area (Å²) >= 11 is 0. The summed E-state index contributed by atoms with van der Waals surface area (Å²) in [5.74, 6) is -0.931. The molecular weight excluding hydrogens is 400 g/mol. The summed E-state index contributed by atoms with van der Waals surface area (Å²) in [6.45, 7) is 4.52. The summed E-state index contributed by atoms with van der Waals surface area (Å²) in [6, 6.07) is 3.40. The summed E-state index contributed by atoms with van der Waals surface area (Å²) < 4.78 is 93.3. The van der Waals surface area contributed by atoms with E-state index in [4.69, 9.17) is 13.2 Å². The molecule has 150 valence electrons. The average molecular weight is 420 g/mol. The molecule has 0 aliphatic heterocycles. The molecule has 0 fully saturated rings. The van der Waals surface area contributed by atoms with E-state index >= 15 is 0 Å². The molecule has 1 rings (SSSR count). The first-order chi connectivity index (χ1) is 12.0. The number of rotatable bonds is 10. The molecule has 0 saturated carbocycles. The third-order valence-corrected chi connectivity index (χ3v) is 6.25. The summed E-state index contributed by atoms with van der Waals surface area (Å²) in [7, 11) is -8.61. The van der Waals surface area contributed by atoms with E-state index in [1.807, 2.05) is 0 Å². The van der Waals surface area contributed by atoms with Crippen LogP contribution in [-0.2, 0) is 34.3 Å². The highest BCUT2D eigenvalue weighted by Crippen LogP contribution is 2.49. The van der Waals surface area contributed by atoms with Gasteiger partial charge in [0.2, 0.25) is 0 Å². The molecule has 0 atom stereocenters. The topological polar surface area (TPSA) is 88.1 Å². The maximum atomic E-state index is 12.6. The fourth-order valence-electron chi connectivity index (χ4n) is 2.03. The van der Waals surface area contributed by atoms with Gasteiger partial charge in [-0.3, -0.25) is 8.75 Å². The molecule has 0 spiro atoms. The van der Waals surface area contributed by atoms with Crippen LogP contribution < -0.4 is 4.74 Å². The number of halogens is 3. The maximum absolute atomic E-state index is 12.6. The predicted molar refractivity (Wildman–Crippen MR) is 86.5 cm³/mol. The Kier molecular flexibility index (Phi) is 8.09. The van der Waals surface area contributed by atoms with E-state index < -0.39 is 41.1 Å². The van der Waals surface area contributed by atoms with Crippen molar-refractivity contribution in [3.05, 3.63) is 23.8 Å². The van der Waals surface area contributed by atoms with E-state index in [0.29, 0.717) is 0 Å². The first-order valence-electron chi connectivity index (χ1n) is 7.63. The Labute approximate surface area is 150 Å². The van der Waals surface area contributed by atoms with Crippen LogP contribution in [0.3, 0.4) is 0 Å². The molecule has 26 heavy (non-hydrogen) atoms. The molecule has 0 N–H and O–H groups in total. The fraction of sp³-hybridized carbons (Fsp3) is 0.571. The first kappa shape index (κ1) is 22.9. The van der Waals surface area contributed by atoms with Crippen LogP contribution in [0.5, 0.6) is 5.75 Å². The van der Waals surface area contributed by atoms with Crippen molar-refractivity contribution in [2.45, 2.75) is 38.4 Å². The Hall–Kier alpha value is -1.13. The largest absolute Gasteiger partial charge is 0.573 e. The van der Waals surface area contributed by atoms with Crippen molar-refractivity contribution in [3.8, 4) is 5.75 Å². The van der Waals surface area contributed by atoms with Gasteiger partial charge in [0.1, 0.15) is 4.90 Å². The van der Waals surface area contributed by atoms with Gasteiger partial charge in [0.15, 0.2) is 12.1 Å². The van der Waals surface area contributed by atoms with Gasteiger partial charge < -0.3 is 13.8 Å². The second kappa shape index (κ2) is 9.18. The van der Waals surface area contributed by atoms with Crippen LogP contribution >= 0.6 is 7.60 Å². The standard InChI is InChI=1S/C14H20F3O7PS/c1-4-11-8-7-9-12(24-14(15,16)17)13(11)26(19,20)23-10-25(18,21-5-2)22-6-3/h7-9H,4-6,10H2,1-3H3. The maximum Gasteiger partial charge on any atom is 0.573 e. The molecule has 12 heteroatoms. The molecule has 0 amide bonds. The quantitative estimate of drug-likeness (QED) is 0.416. The molecule has 0 radical (unpaired) electrons. The highest BCUT2D eigenvalue weighted by Gasteiger charge is 2.36. The minimum atomic E-state index is -5.09. The lowest BCUT2D eigenvalue weighted by Gasteiger charge is -2.19. The van der Waals surface area contributed by atoms with Crippen LogP contribution in [0.2, 0.25) is 0 Å². The fourth-order valence-corrected chi connectivity index (χ4v) is 5.12. The van der Waals surface area contributed by atoms with Gasteiger partial charge in [-0.05, 0) is 31.9 Å². The first-order valence-corrected chi connectivity index (χ1v) is 10.8. The Morgan fingerprint density at radius 1 is 1.08 bits per heavy atom. The molecule has 0 heterocycles. The smallest absolute Gasteiger partial charge is 0.404 e. The molecule has 7 nitrogen and oxygen atoms in total. The number of benzene rings is 1. The number of ether oxygens (including phenoxy) is 1. The van der Waals surface area contributed by atoms with Gasteiger partial charge >= 0.3 is 24.1 Å². The number of hydrogen-bond acceptors (Lipinski definition) is 7. The van der Waals surface area contributed by atoms with Crippen LogP contribution in [0.15, 0.2) is 23.1 Å². The van der Waals surface area contributed by atoms with Crippen molar-refractivity contribution in [2.24, 2.45) is 0 Å². The van der Waals surface area contributed by atoms with E-state index in [2.05, 4.69) is 4.74 Å². The lowest BCUT2D eigenvalue weighted by atomic mass is 10.1. The van der Waals surface area contributed by atoms with Crippen molar-refractivity contribution in [2.75, 3.05) is 19.6 Å². The molecule has 0 unspecified atom stereocenters. The zero-order valence-electron chi connectivity index (χ0n) is 14.4. The molecule has 0 aliphatic rings. The molecule has 0 aliphatic carbocycles. The summed E-state index contributed by atoms with van der Waals surface area (Å²) in [6.07, 6.45) is -5.97. The Balaban J connectivity index is 3.24. The number of aryl methyl sites for hydroxylation is 1. The molecule has 0 saturated heterocycles. The van der Waals surface area contributed by atoms with E-state index in [9.17, 15) is 26.2 Å². The minimum Gasteiger partial charge on any atom is -0.404 e. The SMILES string of the molecule is CCOP(=O)(COS(=O)(=O)c1c(CC)cccc1OC(F)(F)F)OCC. The molecule has 1 aromatic carbocycles. The molecule has 0 bridgehead atoms. The lowest BCUT2D eigenvalue weighted by molar-refractivity contribution is -0.275. The van der Waals surface area contributed by atoms with Crippen LogP contribution in [0.1, 0.15) is 26.3 Å². The van der Waals surface area contributed by atoms with Gasteiger partial charge in [-0.25, -0.2) is 0 Å². The van der Waals surface area contributed by atoms with Crippen molar-refractivity contribution < 1.29 is 44.1 Å². The summed E-state index contributed by atoms with van der Waals surface area (Å²) in [5.41, 5.74) is 0.0504. The van der Waals surface area contributed by atoms with Crippen LogP contribution in [0, 0.1) is 0 Å². The van der Waals surface area contributed by atoms with E-state index in [1.54, 1.807) is 6.92 Å². The minimum absolute atomic E-state index is 0.0331. The average Bonchev–Trinajstić information content (AvgIpc) is 2.52. The van der Waals surface area contributed by atoms with Crippen molar-refractivity contribution in [3.63, 3.8) is 0 Å². The molecule has 0 aromatic heterocycles. The van der Waals surface area contributed by atoms with Gasteiger partial charge in [-0.1, -0.05) is 19.1 Å². The van der Waals surface area contributed by atoms with Gasteiger partial charge in [0.05, 0.1) is 13.2 Å². The zero-order valence-corrected chi connectivity index (χ0v) is 16.1. The van der Waals surface area contributed by atoms with Gasteiger partial charge in [-0.2, -0.15) is 8.42 Å². The third-order valence-electron chi connectivity index (χ3n) is 2.93. The molecule has 1 aromatic rings.